The standard InChI is InChI=1S/C7H11N3O2/c1-3-10-4-6(8-9-10)5(2)7(11)12/h4-5H,3H2,1-2H3,(H,11,12). The Kier molecular flexibility index (Phi) is 2.42. The molecule has 5 heteroatoms. The molecule has 0 bridgehead atoms. The van der Waals surface area contributed by atoms with Gasteiger partial charge < -0.3 is 5.11 Å². The van der Waals surface area contributed by atoms with Crippen LogP contribution in [0, 0.1) is 0 Å². The SMILES string of the molecule is CCn1cc(C(C)C(=O)O)nn1. The first kappa shape index (κ1) is 8.70. The lowest BCUT2D eigenvalue weighted by Crippen LogP contribution is -2.07. The van der Waals surface area contributed by atoms with Crippen molar-refractivity contribution in [2.24, 2.45) is 0 Å². The minimum Gasteiger partial charge on any atom is -0.481 e. The summed E-state index contributed by atoms with van der Waals surface area (Å²) >= 11 is 0. The lowest BCUT2D eigenvalue weighted by atomic mass is 10.1. The average Bonchev–Trinajstić information content (AvgIpc) is 2.50. The highest BCUT2D eigenvalue weighted by Crippen LogP contribution is 2.10. The number of carboxylic acids is 1. The number of aromatic nitrogens is 3. The predicted molar refractivity (Wildman–Crippen MR) is 41.7 cm³/mol. The van der Waals surface area contributed by atoms with E-state index >= 15 is 0 Å². The van der Waals surface area contributed by atoms with Gasteiger partial charge in [-0.25, -0.2) is 0 Å². The minimum absolute atomic E-state index is 0.504. The third kappa shape index (κ3) is 1.61. The van der Waals surface area contributed by atoms with E-state index in [1.54, 1.807) is 17.8 Å². The van der Waals surface area contributed by atoms with Crippen LogP contribution < -0.4 is 0 Å². The summed E-state index contributed by atoms with van der Waals surface area (Å²) in [5, 5.41) is 16.1. The van der Waals surface area contributed by atoms with E-state index < -0.39 is 11.9 Å². The molecule has 0 saturated heterocycles. The summed E-state index contributed by atoms with van der Waals surface area (Å²) in [5.41, 5.74) is 0.504. The van der Waals surface area contributed by atoms with Gasteiger partial charge in [0.1, 0.15) is 0 Å². The van der Waals surface area contributed by atoms with Crippen molar-refractivity contribution in [3.8, 4) is 0 Å². The molecule has 0 aromatic carbocycles. The van der Waals surface area contributed by atoms with E-state index in [-0.39, 0.29) is 0 Å². The molecule has 0 aliphatic carbocycles. The molecule has 0 radical (unpaired) electrons. The van der Waals surface area contributed by atoms with Gasteiger partial charge in [0.05, 0.1) is 11.6 Å². The molecule has 0 amide bonds. The molecule has 0 aliphatic rings. The second-order valence-electron chi connectivity index (χ2n) is 2.56. The van der Waals surface area contributed by atoms with Gasteiger partial charge >= 0.3 is 5.97 Å². The molecule has 1 aromatic rings. The molecule has 1 heterocycles. The molecule has 0 saturated carbocycles. The van der Waals surface area contributed by atoms with Crippen molar-refractivity contribution in [3.63, 3.8) is 0 Å². The maximum atomic E-state index is 10.5. The van der Waals surface area contributed by atoms with Gasteiger partial charge in [-0.05, 0) is 13.8 Å². The molecule has 1 unspecified atom stereocenters. The van der Waals surface area contributed by atoms with E-state index in [2.05, 4.69) is 10.3 Å². The zero-order valence-electron chi connectivity index (χ0n) is 7.06. The Bertz CT molecular complexity index is 282. The lowest BCUT2D eigenvalue weighted by Gasteiger charge is -1.98. The van der Waals surface area contributed by atoms with Gasteiger partial charge in [0.25, 0.3) is 0 Å². The summed E-state index contributed by atoms with van der Waals surface area (Å²) in [6, 6.07) is 0. The largest absolute Gasteiger partial charge is 0.481 e. The zero-order valence-corrected chi connectivity index (χ0v) is 7.06. The maximum absolute atomic E-state index is 10.5. The Morgan fingerprint density at radius 2 is 2.50 bits per heavy atom. The molecule has 12 heavy (non-hydrogen) atoms. The summed E-state index contributed by atoms with van der Waals surface area (Å²) in [6.07, 6.45) is 1.65. The van der Waals surface area contributed by atoms with Crippen LogP contribution >= 0.6 is 0 Å². The van der Waals surface area contributed by atoms with Crippen LogP contribution in [0.5, 0.6) is 0 Å². The summed E-state index contributed by atoms with van der Waals surface area (Å²) < 4.78 is 1.61. The number of carboxylic acid groups (broad SMARTS) is 1. The molecule has 5 nitrogen and oxygen atoms in total. The van der Waals surface area contributed by atoms with Crippen molar-refractivity contribution in [1.29, 1.82) is 0 Å². The molecule has 1 N–H and O–H groups in total. The molecule has 0 aliphatic heterocycles. The number of carbonyl (C=O) groups is 1. The van der Waals surface area contributed by atoms with E-state index in [0.29, 0.717) is 12.2 Å². The van der Waals surface area contributed by atoms with Gasteiger partial charge in [-0.15, -0.1) is 5.10 Å². The van der Waals surface area contributed by atoms with Gasteiger partial charge in [-0.2, -0.15) is 0 Å². The Hall–Kier alpha value is -1.39. The van der Waals surface area contributed by atoms with Gasteiger partial charge in [0.15, 0.2) is 0 Å². The normalized spacial score (nSPS) is 12.8. The Balaban J connectivity index is 2.81. The van der Waals surface area contributed by atoms with Crippen molar-refractivity contribution in [2.75, 3.05) is 0 Å². The third-order valence-electron chi connectivity index (χ3n) is 1.69. The highest BCUT2D eigenvalue weighted by atomic mass is 16.4. The quantitative estimate of drug-likeness (QED) is 0.714. The summed E-state index contributed by atoms with van der Waals surface area (Å²) in [6.45, 7) is 4.22. The number of rotatable bonds is 3. The molecule has 0 fully saturated rings. The molecule has 1 aromatic heterocycles. The second-order valence-corrected chi connectivity index (χ2v) is 2.56. The number of aliphatic carboxylic acids is 1. The van der Waals surface area contributed by atoms with Crippen LogP contribution in [0.4, 0.5) is 0 Å². The molecule has 66 valence electrons. The minimum atomic E-state index is -0.877. The lowest BCUT2D eigenvalue weighted by molar-refractivity contribution is -0.138. The van der Waals surface area contributed by atoms with Gasteiger partial charge in [-0.3, -0.25) is 9.48 Å². The van der Waals surface area contributed by atoms with Gasteiger partial charge in [0.2, 0.25) is 0 Å². The van der Waals surface area contributed by atoms with Crippen molar-refractivity contribution in [2.45, 2.75) is 26.3 Å². The second kappa shape index (κ2) is 3.34. The Morgan fingerprint density at radius 3 is 2.92 bits per heavy atom. The number of hydrogen-bond donors (Lipinski definition) is 1. The summed E-state index contributed by atoms with van der Waals surface area (Å²) in [4.78, 5) is 10.5. The maximum Gasteiger partial charge on any atom is 0.312 e. The van der Waals surface area contributed by atoms with Crippen LogP contribution in [0.25, 0.3) is 0 Å². The first-order chi connectivity index (χ1) is 5.65. The monoisotopic (exact) mass is 169 g/mol. The van der Waals surface area contributed by atoms with E-state index in [1.165, 1.54) is 0 Å². The fourth-order valence-corrected chi connectivity index (χ4v) is 0.793. The first-order valence-corrected chi connectivity index (χ1v) is 3.78. The summed E-state index contributed by atoms with van der Waals surface area (Å²) in [7, 11) is 0. The van der Waals surface area contributed by atoms with Crippen molar-refractivity contribution >= 4 is 5.97 Å². The predicted octanol–water partition coefficient (Wildman–Crippen LogP) is 0.486. The molecular formula is C7H11N3O2. The number of hydrogen-bond acceptors (Lipinski definition) is 3. The molecular weight excluding hydrogens is 158 g/mol. The van der Waals surface area contributed by atoms with Crippen LogP contribution in [-0.4, -0.2) is 26.1 Å². The average molecular weight is 169 g/mol. The van der Waals surface area contributed by atoms with E-state index in [9.17, 15) is 4.79 Å². The van der Waals surface area contributed by atoms with Crippen LogP contribution in [-0.2, 0) is 11.3 Å². The first-order valence-electron chi connectivity index (χ1n) is 3.78. The molecule has 0 spiro atoms. The van der Waals surface area contributed by atoms with E-state index in [1.807, 2.05) is 6.92 Å². The fourth-order valence-electron chi connectivity index (χ4n) is 0.793. The Labute approximate surface area is 70.0 Å². The number of aryl methyl sites for hydroxylation is 1. The van der Waals surface area contributed by atoms with Gasteiger partial charge in [0, 0.05) is 12.7 Å². The van der Waals surface area contributed by atoms with Crippen LogP contribution in [0.15, 0.2) is 6.20 Å². The Morgan fingerprint density at radius 1 is 1.83 bits per heavy atom. The van der Waals surface area contributed by atoms with Crippen molar-refractivity contribution in [3.05, 3.63) is 11.9 Å². The molecule has 1 rings (SSSR count). The summed E-state index contributed by atoms with van der Waals surface area (Å²) in [5.74, 6) is -1.46. The fraction of sp³-hybridized carbons (Fsp3) is 0.571. The van der Waals surface area contributed by atoms with Crippen LogP contribution in [0.1, 0.15) is 25.5 Å². The molecule has 1 atom stereocenters. The highest BCUT2D eigenvalue weighted by Gasteiger charge is 2.16. The van der Waals surface area contributed by atoms with E-state index in [4.69, 9.17) is 5.11 Å². The van der Waals surface area contributed by atoms with Crippen molar-refractivity contribution in [1.82, 2.24) is 15.0 Å². The van der Waals surface area contributed by atoms with Crippen molar-refractivity contribution < 1.29 is 9.90 Å². The zero-order chi connectivity index (χ0) is 9.14. The topological polar surface area (TPSA) is 68.0 Å². The van der Waals surface area contributed by atoms with E-state index in [0.717, 1.165) is 0 Å². The van der Waals surface area contributed by atoms with Gasteiger partial charge in [-0.1, -0.05) is 5.21 Å². The van der Waals surface area contributed by atoms with Crippen LogP contribution in [0.2, 0.25) is 0 Å². The number of nitrogens with zero attached hydrogens (tertiary/aromatic N) is 3. The third-order valence-corrected chi connectivity index (χ3v) is 1.69. The smallest absolute Gasteiger partial charge is 0.312 e. The van der Waals surface area contributed by atoms with Crippen LogP contribution in [0.3, 0.4) is 0 Å². The highest BCUT2D eigenvalue weighted by molar-refractivity contribution is 5.74.